The number of hydrogen-bond acceptors (Lipinski definition) is 4. The molecule has 2 atom stereocenters. The molecule has 2 amide bonds. The molecule has 0 N–H and O–H groups in total. The van der Waals surface area contributed by atoms with Crippen LogP contribution in [-0.4, -0.2) is 66.0 Å². The van der Waals surface area contributed by atoms with Crippen LogP contribution >= 0.6 is 0 Å². The van der Waals surface area contributed by atoms with Crippen LogP contribution in [0.3, 0.4) is 0 Å². The van der Waals surface area contributed by atoms with Crippen molar-refractivity contribution in [1.29, 1.82) is 0 Å². The minimum Gasteiger partial charge on any atom is -0.371 e. The van der Waals surface area contributed by atoms with Crippen molar-refractivity contribution in [2.45, 2.75) is 25.3 Å². The largest absolute Gasteiger partial charge is 0.371 e. The molecule has 2 fully saturated rings. The number of amides is 2. The fraction of sp³-hybridized carbons (Fsp3) is 0.588. The molecular weight excluding hydrogens is 294 g/mol. The van der Waals surface area contributed by atoms with Crippen LogP contribution < -0.4 is 0 Å². The summed E-state index contributed by atoms with van der Waals surface area (Å²) in [5, 5.41) is 0. The number of pyridine rings is 1. The van der Waals surface area contributed by atoms with E-state index in [9.17, 15) is 9.59 Å². The van der Waals surface area contributed by atoms with Gasteiger partial charge >= 0.3 is 0 Å². The lowest BCUT2D eigenvalue weighted by Crippen LogP contribution is -2.54. The zero-order valence-electron chi connectivity index (χ0n) is 13.5. The molecule has 6 nitrogen and oxygen atoms in total. The minimum absolute atomic E-state index is 0.00200. The molecule has 0 bridgehead atoms. The molecule has 23 heavy (non-hydrogen) atoms. The van der Waals surface area contributed by atoms with Crippen molar-refractivity contribution in [3.63, 3.8) is 0 Å². The van der Waals surface area contributed by atoms with Crippen LogP contribution in [0.5, 0.6) is 0 Å². The van der Waals surface area contributed by atoms with Crippen LogP contribution in [0, 0.1) is 5.92 Å². The van der Waals surface area contributed by atoms with E-state index in [4.69, 9.17) is 4.74 Å². The average molecular weight is 317 g/mol. The second-order valence-electron chi connectivity index (χ2n) is 6.34. The lowest BCUT2D eigenvalue weighted by Gasteiger charge is -2.41. The molecule has 3 heterocycles. The number of carbonyl (C=O) groups excluding carboxylic acids is 2. The molecule has 1 aromatic rings. The maximum atomic E-state index is 12.5. The Morgan fingerprint density at radius 1 is 1.48 bits per heavy atom. The van der Waals surface area contributed by atoms with Gasteiger partial charge in [-0.25, -0.2) is 0 Å². The third-order valence-corrected chi connectivity index (χ3v) is 4.87. The number of ether oxygens (including phenoxy) is 1. The first-order valence-electron chi connectivity index (χ1n) is 8.15. The molecule has 2 aliphatic rings. The molecule has 3 rings (SSSR count). The lowest BCUT2D eigenvalue weighted by molar-refractivity contribution is -0.139. The van der Waals surface area contributed by atoms with E-state index in [-0.39, 0.29) is 24.5 Å². The van der Waals surface area contributed by atoms with Gasteiger partial charge in [0, 0.05) is 44.9 Å². The fourth-order valence-electron chi connectivity index (χ4n) is 3.38. The highest BCUT2D eigenvalue weighted by Crippen LogP contribution is 2.25. The molecule has 2 aliphatic heterocycles. The van der Waals surface area contributed by atoms with Crippen LogP contribution in [0.25, 0.3) is 0 Å². The summed E-state index contributed by atoms with van der Waals surface area (Å²) in [5.74, 6) is 0.481. The first-order chi connectivity index (χ1) is 11.1. The zero-order valence-corrected chi connectivity index (χ0v) is 13.5. The third kappa shape index (κ3) is 3.69. The van der Waals surface area contributed by atoms with Gasteiger partial charge in [-0.05, 0) is 24.5 Å². The highest BCUT2D eigenvalue weighted by molar-refractivity contribution is 5.79. The van der Waals surface area contributed by atoms with Crippen LogP contribution in [0.15, 0.2) is 24.5 Å². The minimum atomic E-state index is 0.00200. The van der Waals surface area contributed by atoms with Crippen molar-refractivity contribution in [2.24, 2.45) is 5.92 Å². The van der Waals surface area contributed by atoms with Gasteiger partial charge < -0.3 is 14.5 Å². The number of piperidine rings is 1. The number of carbonyl (C=O) groups is 2. The fourth-order valence-corrected chi connectivity index (χ4v) is 3.38. The molecule has 2 saturated heterocycles. The highest BCUT2D eigenvalue weighted by Gasteiger charge is 2.37. The number of aromatic nitrogens is 1. The Kier molecular flexibility index (Phi) is 4.91. The summed E-state index contributed by atoms with van der Waals surface area (Å²) in [7, 11) is 1.82. The van der Waals surface area contributed by atoms with E-state index >= 15 is 0 Å². The van der Waals surface area contributed by atoms with E-state index in [1.54, 1.807) is 17.3 Å². The maximum absolute atomic E-state index is 12.5. The SMILES string of the molecule is CN1C(=O)COC[C@@H]2CCN(C(=O)CCc3cccnc3)C[C@@H]21. The van der Waals surface area contributed by atoms with Crippen LogP contribution in [0.2, 0.25) is 0 Å². The summed E-state index contributed by atoms with van der Waals surface area (Å²) in [5.41, 5.74) is 1.07. The molecule has 0 unspecified atom stereocenters. The maximum Gasteiger partial charge on any atom is 0.248 e. The van der Waals surface area contributed by atoms with Crippen molar-refractivity contribution < 1.29 is 14.3 Å². The van der Waals surface area contributed by atoms with Crippen molar-refractivity contribution in [2.75, 3.05) is 33.4 Å². The molecule has 1 aromatic heterocycles. The van der Waals surface area contributed by atoms with E-state index < -0.39 is 0 Å². The topological polar surface area (TPSA) is 62.7 Å². The van der Waals surface area contributed by atoms with Crippen LogP contribution in [0.1, 0.15) is 18.4 Å². The van der Waals surface area contributed by atoms with Crippen molar-refractivity contribution in [3.05, 3.63) is 30.1 Å². The number of aryl methyl sites for hydroxylation is 1. The van der Waals surface area contributed by atoms with E-state index in [1.807, 2.05) is 24.1 Å². The van der Waals surface area contributed by atoms with Gasteiger partial charge in [-0.2, -0.15) is 0 Å². The van der Waals surface area contributed by atoms with Crippen LogP contribution in [0.4, 0.5) is 0 Å². The number of nitrogens with zero attached hydrogens (tertiary/aromatic N) is 3. The van der Waals surface area contributed by atoms with Gasteiger partial charge in [0.1, 0.15) is 6.61 Å². The Morgan fingerprint density at radius 2 is 2.35 bits per heavy atom. The quantitative estimate of drug-likeness (QED) is 0.824. The third-order valence-electron chi connectivity index (χ3n) is 4.87. The Labute approximate surface area is 136 Å². The number of likely N-dealkylation sites (tertiary alicyclic amines) is 1. The van der Waals surface area contributed by atoms with Gasteiger partial charge in [0.2, 0.25) is 11.8 Å². The number of hydrogen-bond donors (Lipinski definition) is 0. The second-order valence-corrected chi connectivity index (χ2v) is 6.34. The molecule has 0 radical (unpaired) electrons. The van der Waals surface area contributed by atoms with Gasteiger partial charge in [-0.3, -0.25) is 14.6 Å². The van der Waals surface area contributed by atoms with Gasteiger partial charge in [-0.1, -0.05) is 6.07 Å². The zero-order chi connectivity index (χ0) is 16.2. The van der Waals surface area contributed by atoms with Crippen molar-refractivity contribution >= 4 is 11.8 Å². The first-order valence-corrected chi connectivity index (χ1v) is 8.15. The summed E-state index contributed by atoms with van der Waals surface area (Å²) in [6.45, 7) is 2.12. The Balaban J connectivity index is 1.58. The highest BCUT2D eigenvalue weighted by atomic mass is 16.5. The summed E-state index contributed by atoms with van der Waals surface area (Å²) in [4.78, 5) is 32.2. The van der Waals surface area contributed by atoms with Crippen LogP contribution in [-0.2, 0) is 20.7 Å². The first kappa shape index (κ1) is 15.9. The lowest BCUT2D eigenvalue weighted by atomic mass is 9.91. The molecule has 0 saturated carbocycles. The Morgan fingerprint density at radius 3 is 3.13 bits per heavy atom. The molecule has 124 valence electrons. The van der Waals surface area contributed by atoms with Crippen molar-refractivity contribution in [3.8, 4) is 0 Å². The predicted molar refractivity (Wildman–Crippen MR) is 84.6 cm³/mol. The van der Waals surface area contributed by atoms with Gasteiger partial charge in [0.25, 0.3) is 0 Å². The summed E-state index contributed by atoms with van der Waals surface area (Å²) < 4.78 is 5.45. The van der Waals surface area contributed by atoms with Gasteiger partial charge in [0.05, 0.1) is 12.6 Å². The molecule has 0 aliphatic carbocycles. The van der Waals surface area contributed by atoms with E-state index in [2.05, 4.69) is 4.98 Å². The number of fused-ring (bicyclic) bond motifs is 1. The summed E-state index contributed by atoms with van der Waals surface area (Å²) >= 11 is 0. The standard InChI is InChI=1S/C17H23N3O3/c1-19-15-10-20(8-6-14(15)11-23-12-17(19)22)16(21)5-4-13-3-2-7-18-9-13/h2-3,7,9,14-15H,4-6,8,10-12H2,1H3/t14-,15-/m0/s1. The van der Waals surface area contributed by atoms with Crippen molar-refractivity contribution in [1.82, 2.24) is 14.8 Å². The molecule has 0 aromatic carbocycles. The summed E-state index contributed by atoms with van der Waals surface area (Å²) in [6.07, 6.45) is 5.61. The smallest absolute Gasteiger partial charge is 0.248 e. The van der Waals surface area contributed by atoms with Gasteiger partial charge in [0.15, 0.2) is 0 Å². The van der Waals surface area contributed by atoms with E-state index in [1.165, 1.54) is 0 Å². The number of likely N-dealkylation sites (N-methyl/N-ethyl adjacent to an activating group) is 1. The van der Waals surface area contributed by atoms with E-state index in [0.29, 0.717) is 31.9 Å². The van der Waals surface area contributed by atoms with Gasteiger partial charge in [-0.15, -0.1) is 0 Å². The molecular formula is C17H23N3O3. The monoisotopic (exact) mass is 317 g/mol. The predicted octanol–water partition coefficient (Wildman–Crippen LogP) is 0.720. The second kappa shape index (κ2) is 7.08. The normalized spacial score (nSPS) is 25.0. The average Bonchev–Trinajstić information content (AvgIpc) is 2.73. The molecule has 0 spiro atoms. The molecule has 6 heteroatoms. The Bertz CT molecular complexity index is 563. The van der Waals surface area contributed by atoms with E-state index in [0.717, 1.165) is 18.5 Å². The summed E-state index contributed by atoms with van der Waals surface area (Å²) in [6, 6.07) is 3.94. The Hall–Kier alpha value is -1.95. The number of rotatable bonds is 3.